The van der Waals surface area contributed by atoms with Crippen molar-refractivity contribution in [1.82, 2.24) is 10.6 Å². The topological polar surface area (TPSA) is 81.6 Å². The second-order valence-electron chi connectivity index (χ2n) is 4.57. The number of amides is 1. The molecule has 4 N–H and O–H groups in total. The van der Waals surface area contributed by atoms with Gasteiger partial charge < -0.3 is 20.8 Å². The van der Waals surface area contributed by atoms with Gasteiger partial charge >= 0.3 is 0 Å². The molecule has 0 aromatic heterocycles. The minimum absolute atomic E-state index is 0.00485. The lowest BCUT2D eigenvalue weighted by Gasteiger charge is -2.20. The summed E-state index contributed by atoms with van der Waals surface area (Å²) in [6.07, 6.45) is -0.500. The highest BCUT2D eigenvalue weighted by Crippen LogP contribution is 1.97. The summed E-state index contributed by atoms with van der Waals surface area (Å²) in [5.41, 5.74) is 0.00485. The Kier molecular flexibility index (Phi) is 6.47. The van der Waals surface area contributed by atoms with Crippen LogP contribution in [0.5, 0.6) is 0 Å². The molecule has 0 aliphatic heterocycles. The minimum atomic E-state index is -0.871. The summed E-state index contributed by atoms with van der Waals surface area (Å²) in [4.78, 5) is 11.2. The highest BCUT2D eigenvalue weighted by atomic mass is 16.3. The van der Waals surface area contributed by atoms with Crippen LogP contribution >= 0.6 is 0 Å². The number of rotatable bonds is 6. The van der Waals surface area contributed by atoms with Crippen LogP contribution in [0.15, 0.2) is 0 Å². The molecule has 90 valence electrons. The summed E-state index contributed by atoms with van der Waals surface area (Å²) in [6, 6.07) is 0. The Labute approximate surface area is 90.9 Å². The smallest absolute Gasteiger partial charge is 0.221 e. The number of aliphatic hydroxyl groups is 2. The lowest BCUT2D eigenvalue weighted by Crippen LogP contribution is -2.40. The molecule has 0 radical (unpaired) electrons. The maximum absolute atomic E-state index is 11.2. The van der Waals surface area contributed by atoms with Crippen molar-refractivity contribution in [2.75, 3.05) is 19.7 Å². The van der Waals surface area contributed by atoms with Crippen LogP contribution in [0.1, 0.15) is 27.2 Å². The van der Waals surface area contributed by atoms with E-state index in [4.69, 9.17) is 10.2 Å². The zero-order chi connectivity index (χ0) is 11.9. The van der Waals surface area contributed by atoms with E-state index in [0.717, 1.165) is 0 Å². The average Bonchev–Trinajstić information content (AvgIpc) is 2.12. The van der Waals surface area contributed by atoms with Crippen molar-refractivity contribution in [2.24, 2.45) is 0 Å². The second-order valence-corrected chi connectivity index (χ2v) is 4.57. The molecule has 0 aliphatic rings. The van der Waals surface area contributed by atoms with Gasteiger partial charge in [0.25, 0.3) is 0 Å². The zero-order valence-corrected chi connectivity index (χ0v) is 9.71. The van der Waals surface area contributed by atoms with Crippen molar-refractivity contribution in [1.29, 1.82) is 0 Å². The lowest BCUT2D eigenvalue weighted by molar-refractivity contribution is -0.121. The van der Waals surface area contributed by atoms with Gasteiger partial charge in [-0.15, -0.1) is 0 Å². The van der Waals surface area contributed by atoms with Crippen LogP contribution in [0.4, 0.5) is 0 Å². The number of carbonyl (C=O) groups is 1. The van der Waals surface area contributed by atoms with Crippen molar-refractivity contribution >= 4 is 5.91 Å². The number of aliphatic hydroxyl groups excluding tert-OH is 2. The van der Waals surface area contributed by atoms with Gasteiger partial charge in [-0.25, -0.2) is 0 Å². The third-order valence-electron chi connectivity index (χ3n) is 1.75. The number of hydrogen-bond acceptors (Lipinski definition) is 4. The fraction of sp³-hybridized carbons (Fsp3) is 0.900. The standard InChI is InChI=1S/C10H22N2O3/c1-10(2,3)12-5-4-9(15)11-6-8(14)7-13/h8,12-14H,4-7H2,1-3H3,(H,11,15). The van der Waals surface area contributed by atoms with Gasteiger partial charge in [-0.2, -0.15) is 0 Å². The Bertz CT molecular complexity index is 190. The third kappa shape index (κ3) is 9.65. The molecular weight excluding hydrogens is 196 g/mol. The van der Waals surface area contributed by atoms with E-state index in [2.05, 4.69) is 10.6 Å². The molecule has 0 heterocycles. The predicted octanol–water partition coefficient (Wildman–Crippen LogP) is -0.766. The van der Waals surface area contributed by atoms with E-state index in [-0.39, 0.29) is 24.6 Å². The van der Waals surface area contributed by atoms with Crippen molar-refractivity contribution in [3.63, 3.8) is 0 Å². The van der Waals surface area contributed by atoms with Crippen LogP contribution in [0, 0.1) is 0 Å². The summed E-state index contributed by atoms with van der Waals surface area (Å²) in [5, 5.41) is 23.2. The zero-order valence-electron chi connectivity index (χ0n) is 9.71. The minimum Gasteiger partial charge on any atom is -0.394 e. The summed E-state index contributed by atoms with van der Waals surface area (Å²) in [5.74, 6) is -0.126. The number of nitrogens with one attached hydrogen (secondary N) is 2. The van der Waals surface area contributed by atoms with E-state index in [0.29, 0.717) is 13.0 Å². The molecule has 0 saturated carbocycles. The van der Waals surface area contributed by atoms with Crippen LogP contribution in [0.3, 0.4) is 0 Å². The van der Waals surface area contributed by atoms with Crippen LogP contribution in [0.25, 0.3) is 0 Å². The SMILES string of the molecule is CC(C)(C)NCCC(=O)NCC(O)CO. The van der Waals surface area contributed by atoms with Crippen molar-refractivity contribution in [2.45, 2.75) is 38.8 Å². The maximum atomic E-state index is 11.2. The van der Waals surface area contributed by atoms with E-state index in [9.17, 15) is 4.79 Å². The van der Waals surface area contributed by atoms with E-state index in [1.165, 1.54) is 0 Å². The molecular formula is C10H22N2O3. The monoisotopic (exact) mass is 218 g/mol. The largest absolute Gasteiger partial charge is 0.394 e. The molecule has 0 bridgehead atoms. The first-order chi connectivity index (χ1) is 6.85. The first kappa shape index (κ1) is 14.3. The molecule has 0 spiro atoms. The first-order valence-corrected chi connectivity index (χ1v) is 5.16. The van der Waals surface area contributed by atoms with Crippen molar-refractivity contribution < 1.29 is 15.0 Å². The molecule has 1 unspecified atom stereocenters. The van der Waals surface area contributed by atoms with Crippen LogP contribution in [-0.2, 0) is 4.79 Å². The molecule has 15 heavy (non-hydrogen) atoms. The van der Waals surface area contributed by atoms with Crippen LogP contribution < -0.4 is 10.6 Å². The van der Waals surface area contributed by atoms with Gasteiger partial charge in [0.05, 0.1) is 12.7 Å². The Morgan fingerprint density at radius 2 is 2.00 bits per heavy atom. The molecule has 5 heteroatoms. The highest BCUT2D eigenvalue weighted by Gasteiger charge is 2.10. The number of carbonyl (C=O) groups excluding carboxylic acids is 1. The Morgan fingerprint density at radius 3 is 2.47 bits per heavy atom. The molecule has 0 saturated heterocycles. The van der Waals surface area contributed by atoms with Gasteiger partial charge in [0.15, 0.2) is 0 Å². The van der Waals surface area contributed by atoms with Gasteiger partial charge in [-0.1, -0.05) is 0 Å². The highest BCUT2D eigenvalue weighted by molar-refractivity contribution is 5.76. The number of hydrogen-bond donors (Lipinski definition) is 4. The van der Waals surface area contributed by atoms with E-state index in [1.807, 2.05) is 20.8 Å². The van der Waals surface area contributed by atoms with Crippen LogP contribution in [0.2, 0.25) is 0 Å². The van der Waals surface area contributed by atoms with Gasteiger partial charge in [0.1, 0.15) is 0 Å². The molecule has 5 nitrogen and oxygen atoms in total. The third-order valence-corrected chi connectivity index (χ3v) is 1.75. The van der Waals surface area contributed by atoms with Crippen molar-refractivity contribution in [3.8, 4) is 0 Å². The van der Waals surface area contributed by atoms with Gasteiger partial charge in [-0.05, 0) is 20.8 Å². The van der Waals surface area contributed by atoms with Crippen LogP contribution in [-0.4, -0.2) is 47.5 Å². The summed E-state index contributed by atoms with van der Waals surface area (Å²) >= 11 is 0. The molecule has 0 aromatic rings. The quantitative estimate of drug-likeness (QED) is 0.472. The van der Waals surface area contributed by atoms with Gasteiger partial charge in [-0.3, -0.25) is 4.79 Å². The Balaban J connectivity index is 3.50. The van der Waals surface area contributed by atoms with E-state index in [1.54, 1.807) is 0 Å². The Morgan fingerprint density at radius 1 is 1.40 bits per heavy atom. The first-order valence-electron chi connectivity index (χ1n) is 5.16. The summed E-state index contributed by atoms with van der Waals surface area (Å²) in [6.45, 7) is 6.46. The van der Waals surface area contributed by atoms with E-state index < -0.39 is 6.10 Å². The fourth-order valence-electron chi connectivity index (χ4n) is 0.936. The molecule has 1 amide bonds. The molecule has 1 atom stereocenters. The second kappa shape index (κ2) is 6.76. The van der Waals surface area contributed by atoms with Gasteiger partial charge in [0, 0.05) is 25.0 Å². The van der Waals surface area contributed by atoms with Crippen molar-refractivity contribution in [3.05, 3.63) is 0 Å². The summed E-state index contributed by atoms with van der Waals surface area (Å²) < 4.78 is 0. The maximum Gasteiger partial charge on any atom is 0.221 e. The lowest BCUT2D eigenvalue weighted by atomic mass is 10.1. The Hall–Kier alpha value is -0.650. The molecule has 0 fully saturated rings. The van der Waals surface area contributed by atoms with E-state index >= 15 is 0 Å². The summed E-state index contributed by atoms with van der Waals surface area (Å²) in [7, 11) is 0. The molecule has 0 aliphatic carbocycles. The normalized spacial score (nSPS) is 13.7. The van der Waals surface area contributed by atoms with Gasteiger partial charge in [0.2, 0.25) is 5.91 Å². The molecule has 0 rings (SSSR count). The predicted molar refractivity (Wildman–Crippen MR) is 58.5 cm³/mol. The molecule has 0 aromatic carbocycles. The fourth-order valence-corrected chi connectivity index (χ4v) is 0.936. The average molecular weight is 218 g/mol.